The summed E-state index contributed by atoms with van der Waals surface area (Å²) < 4.78 is 11.3. The van der Waals surface area contributed by atoms with E-state index in [9.17, 15) is 0 Å². The Kier molecular flexibility index (Phi) is 4.93. The molecule has 0 amide bonds. The fourth-order valence-corrected chi connectivity index (χ4v) is 4.13. The third-order valence-corrected chi connectivity index (χ3v) is 5.43. The molecule has 2 aliphatic heterocycles. The van der Waals surface area contributed by atoms with Crippen LogP contribution in [0.2, 0.25) is 0 Å². The average molecular weight is 354 g/mol. The second kappa shape index (κ2) is 7.50. The first-order valence-electron chi connectivity index (χ1n) is 9.26. The molecule has 6 heteroatoms. The molecule has 1 atom stereocenters. The monoisotopic (exact) mass is 354 g/mol. The van der Waals surface area contributed by atoms with Crippen molar-refractivity contribution >= 4 is 11.5 Å². The van der Waals surface area contributed by atoms with Crippen molar-refractivity contribution in [2.24, 2.45) is 5.41 Å². The van der Waals surface area contributed by atoms with Crippen molar-refractivity contribution in [2.75, 3.05) is 56.3 Å². The third-order valence-electron chi connectivity index (χ3n) is 5.43. The van der Waals surface area contributed by atoms with Crippen LogP contribution in [0.1, 0.15) is 12.8 Å². The molecule has 2 fully saturated rings. The Bertz CT molecular complexity index is 710. The molecule has 2 saturated heterocycles. The molecule has 1 aromatic carbocycles. The highest BCUT2D eigenvalue weighted by atomic mass is 16.5. The number of piperidine rings is 1. The molecule has 4 rings (SSSR count). The summed E-state index contributed by atoms with van der Waals surface area (Å²) in [5.41, 5.74) is 1.36. The lowest BCUT2D eigenvalue weighted by atomic mass is 9.80. The van der Waals surface area contributed by atoms with Crippen molar-refractivity contribution in [3.05, 3.63) is 42.9 Å². The van der Waals surface area contributed by atoms with Gasteiger partial charge in [-0.1, -0.05) is 0 Å². The molecule has 3 heterocycles. The minimum atomic E-state index is 0.125. The van der Waals surface area contributed by atoms with Gasteiger partial charge in [0, 0.05) is 43.5 Å². The van der Waals surface area contributed by atoms with E-state index in [4.69, 9.17) is 9.47 Å². The Hall–Kier alpha value is -2.34. The van der Waals surface area contributed by atoms with Gasteiger partial charge in [0.1, 0.15) is 17.9 Å². The molecule has 1 aromatic heterocycles. The maximum absolute atomic E-state index is 6.04. The van der Waals surface area contributed by atoms with E-state index in [0.717, 1.165) is 57.4 Å². The largest absolute Gasteiger partial charge is 0.497 e. The number of aromatic nitrogens is 2. The maximum atomic E-state index is 6.04. The zero-order chi connectivity index (χ0) is 17.8. The van der Waals surface area contributed by atoms with Crippen LogP contribution in [0.25, 0.3) is 0 Å². The number of nitrogens with zero attached hydrogens (tertiary/aromatic N) is 4. The summed E-state index contributed by atoms with van der Waals surface area (Å²) in [6.07, 6.45) is 5.78. The Labute approximate surface area is 154 Å². The first kappa shape index (κ1) is 17.1. The normalized spacial score (nSPS) is 23.7. The van der Waals surface area contributed by atoms with Crippen molar-refractivity contribution in [3.8, 4) is 5.75 Å². The minimum absolute atomic E-state index is 0.125. The average Bonchev–Trinajstić information content (AvgIpc) is 2.91. The smallest absolute Gasteiger partial charge is 0.131 e. The summed E-state index contributed by atoms with van der Waals surface area (Å²) in [7, 11) is 1.70. The van der Waals surface area contributed by atoms with Crippen molar-refractivity contribution < 1.29 is 9.47 Å². The van der Waals surface area contributed by atoms with Crippen molar-refractivity contribution in [1.82, 2.24) is 9.97 Å². The standard InChI is InChI=1S/C20H26N4O2/c1-25-18-5-3-17(4-6-18)23-11-12-26-15-20(13-23)8-2-10-24(14-20)19-7-9-21-16-22-19/h3-7,9,16H,2,8,10-15H2,1H3. The quantitative estimate of drug-likeness (QED) is 0.845. The second-order valence-electron chi connectivity index (χ2n) is 7.26. The van der Waals surface area contributed by atoms with Crippen molar-refractivity contribution in [3.63, 3.8) is 0 Å². The van der Waals surface area contributed by atoms with Crippen LogP contribution in [0.5, 0.6) is 5.75 Å². The van der Waals surface area contributed by atoms with Gasteiger partial charge < -0.3 is 19.3 Å². The van der Waals surface area contributed by atoms with Crippen LogP contribution in [-0.2, 0) is 4.74 Å². The summed E-state index contributed by atoms with van der Waals surface area (Å²) >= 11 is 0. The molecule has 26 heavy (non-hydrogen) atoms. The molecule has 0 saturated carbocycles. The molecule has 0 bridgehead atoms. The Morgan fingerprint density at radius 2 is 1.92 bits per heavy atom. The summed E-state index contributed by atoms with van der Waals surface area (Å²) in [4.78, 5) is 13.3. The van der Waals surface area contributed by atoms with Gasteiger partial charge in [-0.05, 0) is 43.2 Å². The number of ether oxygens (including phenoxy) is 2. The number of methoxy groups -OCH3 is 1. The Morgan fingerprint density at radius 1 is 1.08 bits per heavy atom. The first-order valence-corrected chi connectivity index (χ1v) is 9.26. The molecule has 1 spiro atoms. The van der Waals surface area contributed by atoms with Gasteiger partial charge in [-0.2, -0.15) is 0 Å². The predicted octanol–water partition coefficient (Wildman–Crippen LogP) is 2.61. The van der Waals surface area contributed by atoms with Gasteiger partial charge in [-0.25, -0.2) is 9.97 Å². The van der Waals surface area contributed by atoms with Gasteiger partial charge in [-0.3, -0.25) is 0 Å². The first-order chi connectivity index (χ1) is 12.8. The third kappa shape index (κ3) is 3.60. The van der Waals surface area contributed by atoms with Crippen LogP contribution < -0.4 is 14.5 Å². The van der Waals surface area contributed by atoms with Crippen LogP contribution in [-0.4, -0.2) is 56.5 Å². The van der Waals surface area contributed by atoms with Crippen LogP contribution in [0.4, 0.5) is 11.5 Å². The van der Waals surface area contributed by atoms with Gasteiger partial charge in [0.2, 0.25) is 0 Å². The van der Waals surface area contributed by atoms with Gasteiger partial charge in [-0.15, -0.1) is 0 Å². The minimum Gasteiger partial charge on any atom is -0.497 e. The molecule has 138 valence electrons. The molecule has 0 radical (unpaired) electrons. The van der Waals surface area contributed by atoms with E-state index in [1.54, 1.807) is 13.4 Å². The number of hydrogen-bond acceptors (Lipinski definition) is 6. The molecule has 1 unspecified atom stereocenters. The molecular formula is C20H26N4O2. The van der Waals surface area contributed by atoms with Gasteiger partial charge in [0.05, 0.1) is 20.3 Å². The number of anilines is 2. The zero-order valence-corrected chi connectivity index (χ0v) is 15.3. The lowest BCUT2D eigenvalue weighted by molar-refractivity contribution is 0.0597. The van der Waals surface area contributed by atoms with Crippen molar-refractivity contribution in [1.29, 1.82) is 0 Å². The SMILES string of the molecule is COc1ccc(N2CCOCC3(CCCN(c4ccncn4)C3)C2)cc1. The topological polar surface area (TPSA) is 50.7 Å². The molecule has 0 aliphatic carbocycles. The second-order valence-corrected chi connectivity index (χ2v) is 7.26. The summed E-state index contributed by atoms with van der Waals surface area (Å²) in [5, 5.41) is 0. The maximum Gasteiger partial charge on any atom is 0.131 e. The van der Waals surface area contributed by atoms with E-state index < -0.39 is 0 Å². The molecule has 0 N–H and O–H groups in total. The summed E-state index contributed by atoms with van der Waals surface area (Å²) in [6.45, 7) is 5.50. The summed E-state index contributed by atoms with van der Waals surface area (Å²) in [5.74, 6) is 1.90. The number of rotatable bonds is 3. The van der Waals surface area contributed by atoms with E-state index in [2.05, 4.69) is 31.9 Å². The van der Waals surface area contributed by atoms with Gasteiger partial charge in [0.25, 0.3) is 0 Å². The molecule has 6 nitrogen and oxygen atoms in total. The van der Waals surface area contributed by atoms with E-state index in [-0.39, 0.29) is 5.41 Å². The lowest BCUT2D eigenvalue weighted by Crippen LogP contribution is -2.51. The lowest BCUT2D eigenvalue weighted by Gasteiger charge is -2.44. The predicted molar refractivity (Wildman–Crippen MR) is 102 cm³/mol. The number of benzene rings is 1. The van der Waals surface area contributed by atoms with Crippen LogP contribution in [0, 0.1) is 5.41 Å². The summed E-state index contributed by atoms with van der Waals surface area (Å²) in [6, 6.07) is 10.3. The molecular weight excluding hydrogens is 328 g/mol. The van der Waals surface area contributed by atoms with E-state index in [1.807, 2.05) is 24.4 Å². The zero-order valence-electron chi connectivity index (χ0n) is 15.3. The highest BCUT2D eigenvalue weighted by Gasteiger charge is 2.39. The fourth-order valence-electron chi connectivity index (χ4n) is 4.13. The van der Waals surface area contributed by atoms with Gasteiger partial charge in [0.15, 0.2) is 0 Å². The molecule has 2 aromatic rings. The Morgan fingerprint density at radius 3 is 2.69 bits per heavy atom. The van der Waals surface area contributed by atoms with E-state index in [0.29, 0.717) is 0 Å². The Balaban J connectivity index is 1.54. The number of hydrogen-bond donors (Lipinski definition) is 0. The highest BCUT2D eigenvalue weighted by molar-refractivity contribution is 5.50. The van der Waals surface area contributed by atoms with E-state index >= 15 is 0 Å². The van der Waals surface area contributed by atoms with E-state index in [1.165, 1.54) is 12.1 Å². The van der Waals surface area contributed by atoms with Crippen LogP contribution in [0.15, 0.2) is 42.9 Å². The fraction of sp³-hybridized carbons (Fsp3) is 0.500. The van der Waals surface area contributed by atoms with Crippen LogP contribution in [0.3, 0.4) is 0 Å². The highest BCUT2D eigenvalue weighted by Crippen LogP contribution is 2.36. The van der Waals surface area contributed by atoms with Gasteiger partial charge >= 0.3 is 0 Å². The van der Waals surface area contributed by atoms with Crippen molar-refractivity contribution in [2.45, 2.75) is 12.8 Å². The van der Waals surface area contributed by atoms with Crippen LogP contribution >= 0.6 is 0 Å². The molecule has 2 aliphatic rings.